The molecule has 0 aromatic heterocycles. The van der Waals surface area contributed by atoms with E-state index in [1.165, 1.54) is 12.8 Å². The lowest BCUT2D eigenvalue weighted by Crippen LogP contribution is -2.43. The van der Waals surface area contributed by atoms with Crippen molar-refractivity contribution in [3.05, 3.63) is 0 Å². The SMILES string of the molecule is CN(CC1CC1)C(=O)N[C@H]1CC[C@@H](C(=O)O)C1. The molecule has 2 aliphatic rings. The van der Waals surface area contributed by atoms with Crippen LogP contribution in [0, 0.1) is 11.8 Å². The predicted molar refractivity (Wildman–Crippen MR) is 62.7 cm³/mol. The number of hydrogen-bond acceptors (Lipinski definition) is 2. The molecule has 5 heteroatoms. The largest absolute Gasteiger partial charge is 0.481 e. The fraction of sp³-hybridized carbons (Fsp3) is 0.833. The van der Waals surface area contributed by atoms with Crippen LogP contribution in [0.1, 0.15) is 32.1 Å². The summed E-state index contributed by atoms with van der Waals surface area (Å²) < 4.78 is 0. The predicted octanol–water partition coefficient (Wildman–Crippen LogP) is 1.29. The van der Waals surface area contributed by atoms with Gasteiger partial charge in [0.1, 0.15) is 0 Å². The van der Waals surface area contributed by atoms with Crippen LogP contribution in [0.3, 0.4) is 0 Å². The molecule has 0 radical (unpaired) electrons. The normalized spacial score (nSPS) is 27.8. The molecule has 2 saturated carbocycles. The number of nitrogens with one attached hydrogen (secondary N) is 1. The molecule has 0 spiro atoms. The summed E-state index contributed by atoms with van der Waals surface area (Å²) >= 11 is 0. The molecule has 96 valence electrons. The Morgan fingerprint density at radius 1 is 1.29 bits per heavy atom. The highest BCUT2D eigenvalue weighted by Gasteiger charge is 2.31. The van der Waals surface area contributed by atoms with Gasteiger partial charge in [0.05, 0.1) is 5.92 Å². The van der Waals surface area contributed by atoms with E-state index in [0.717, 1.165) is 13.0 Å². The zero-order chi connectivity index (χ0) is 12.4. The second-order valence-corrected chi connectivity index (χ2v) is 5.32. The molecule has 2 aliphatic carbocycles. The lowest BCUT2D eigenvalue weighted by atomic mass is 10.1. The highest BCUT2D eigenvalue weighted by Crippen LogP contribution is 2.29. The van der Waals surface area contributed by atoms with Crippen LogP contribution in [0.15, 0.2) is 0 Å². The summed E-state index contributed by atoms with van der Waals surface area (Å²) in [5.41, 5.74) is 0. The van der Waals surface area contributed by atoms with Crippen molar-refractivity contribution >= 4 is 12.0 Å². The summed E-state index contributed by atoms with van der Waals surface area (Å²) in [5, 5.41) is 11.8. The summed E-state index contributed by atoms with van der Waals surface area (Å²) in [6.07, 6.45) is 4.47. The van der Waals surface area contributed by atoms with Crippen molar-refractivity contribution in [3.8, 4) is 0 Å². The van der Waals surface area contributed by atoms with Crippen LogP contribution in [0.5, 0.6) is 0 Å². The maximum absolute atomic E-state index is 11.8. The summed E-state index contributed by atoms with van der Waals surface area (Å²) in [7, 11) is 1.80. The van der Waals surface area contributed by atoms with E-state index in [1.54, 1.807) is 11.9 Å². The Kier molecular flexibility index (Phi) is 3.54. The Labute approximate surface area is 101 Å². The Morgan fingerprint density at radius 2 is 2.00 bits per heavy atom. The number of amides is 2. The topological polar surface area (TPSA) is 69.6 Å². The van der Waals surface area contributed by atoms with Gasteiger partial charge in [0.15, 0.2) is 0 Å². The minimum atomic E-state index is -0.743. The highest BCUT2D eigenvalue weighted by molar-refractivity contribution is 5.75. The minimum absolute atomic E-state index is 0.0326. The van der Waals surface area contributed by atoms with Gasteiger partial charge in [0, 0.05) is 19.6 Å². The van der Waals surface area contributed by atoms with Crippen molar-refractivity contribution in [1.29, 1.82) is 0 Å². The van der Waals surface area contributed by atoms with Gasteiger partial charge < -0.3 is 15.3 Å². The van der Waals surface area contributed by atoms with Crippen LogP contribution in [-0.2, 0) is 4.79 Å². The molecule has 2 N–H and O–H groups in total. The van der Waals surface area contributed by atoms with Gasteiger partial charge in [-0.15, -0.1) is 0 Å². The number of urea groups is 1. The van der Waals surface area contributed by atoms with Crippen molar-refractivity contribution < 1.29 is 14.7 Å². The van der Waals surface area contributed by atoms with Crippen LogP contribution in [-0.4, -0.2) is 41.6 Å². The number of carboxylic acid groups (broad SMARTS) is 1. The van der Waals surface area contributed by atoms with Gasteiger partial charge in [-0.05, 0) is 38.0 Å². The van der Waals surface area contributed by atoms with Crippen LogP contribution in [0.4, 0.5) is 4.79 Å². The Hall–Kier alpha value is -1.26. The van der Waals surface area contributed by atoms with Crippen LogP contribution < -0.4 is 5.32 Å². The second kappa shape index (κ2) is 4.94. The molecule has 0 aromatic carbocycles. The van der Waals surface area contributed by atoms with Gasteiger partial charge in [0.2, 0.25) is 0 Å². The molecular formula is C12H20N2O3. The molecule has 0 bridgehead atoms. The quantitative estimate of drug-likeness (QED) is 0.778. The minimum Gasteiger partial charge on any atom is -0.481 e. The van der Waals surface area contributed by atoms with E-state index in [2.05, 4.69) is 5.32 Å². The first-order valence-electron chi connectivity index (χ1n) is 6.30. The first kappa shape index (κ1) is 12.2. The van der Waals surface area contributed by atoms with Crippen molar-refractivity contribution in [2.24, 2.45) is 11.8 Å². The van der Waals surface area contributed by atoms with E-state index in [1.807, 2.05) is 0 Å². The third-order valence-corrected chi connectivity index (χ3v) is 3.69. The number of hydrogen-bond donors (Lipinski definition) is 2. The Bertz CT molecular complexity index is 315. The number of carbonyl (C=O) groups is 2. The molecule has 2 amide bonds. The molecule has 2 fully saturated rings. The smallest absolute Gasteiger partial charge is 0.317 e. The molecule has 2 rings (SSSR count). The fourth-order valence-electron chi connectivity index (χ4n) is 2.39. The maximum atomic E-state index is 11.8. The van der Waals surface area contributed by atoms with E-state index in [-0.39, 0.29) is 18.0 Å². The Balaban J connectivity index is 1.73. The van der Waals surface area contributed by atoms with Gasteiger partial charge in [0.25, 0.3) is 0 Å². The molecular weight excluding hydrogens is 220 g/mol. The van der Waals surface area contributed by atoms with E-state index in [4.69, 9.17) is 5.11 Å². The molecule has 0 aliphatic heterocycles. The summed E-state index contributed by atoms with van der Waals surface area (Å²) in [5.74, 6) is -0.344. The average molecular weight is 240 g/mol. The van der Waals surface area contributed by atoms with Crippen LogP contribution in [0.2, 0.25) is 0 Å². The first-order chi connectivity index (χ1) is 8.06. The molecule has 17 heavy (non-hydrogen) atoms. The molecule has 2 atom stereocenters. The molecule has 5 nitrogen and oxygen atoms in total. The number of aliphatic carboxylic acids is 1. The second-order valence-electron chi connectivity index (χ2n) is 5.32. The van der Waals surface area contributed by atoms with Gasteiger partial charge in [-0.1, -0.05) is 0 Å². The fourth-order valence-corrected chi connectivity index (χ4v) is 2.39. The van der Waals surface area contributed by atoms with Crippen LogP contribution >= 0.6 is 0 Å². The maximum Gasteiger partial charge on any atom is 0.317 e. The van der Waals surface area contributed by atoms with Crippen molar-refractivity contribution in [2.75, 3.05) is 13.6 Å². The third kappa shape index (κ3) is 3.35. The van der Waals surface area contributed by atoms with Gasteiger partial charge in [-0.25, -0.2) is 4.79 Å². The monoisotopic (exact) mass is 240 g/mol. The molecule has 0 saturated heterocycles. The number of rotatable bonds is 4. The van der Waals surface area contributed by atoms with Crippen molar-refractivity contribution in [1.82, 2.24) is 10.2 Å². The van der Waals surface area contributed by atoms with Gasteiger partial charge in [-0.3, -0.25) is 4.79 Å². The Morgan fingerprint density at radius 3 is 2.53 bits per heavy atom. The first-order valence-corrected chi connectivity index (χ1v) is 6.30. The summed E-state index contributed by atoms with van der Waals surface area (Å²) in [4.78, 5) is 24.3. The zero-order valence-corrected chi connectivity index (χ0v) is 10.2. The van der Waals surface area contributed by atoms with E-state index in [9.17, 15) is 9.59 Å². The van der Waals surface area contributed by atoms with Gasteiger partial charge in [-0.2, -0.15) is 0 Å². The molecule has 0 unspecified atom stereocenters. The van der Waals surface area contributed by atoms with Crippen LogP contribution in [0.25, 0.3) is 0 Å². The van der Waals surface area contributed by atoms with E-state index in [0.29, 0.717) is 18.8 Å². The van der Waals surface area contributed by atoms with Gasteiger partial charge >= 0.3 is 12.0 Å². The van der Waals surface area contributed by atoms with Crippen molar-refractivity contribution in [2.45, 2.75) is 38.1 Å². The summed E-state index contributed by atoms with van der Waals surface area (Å²) in [6.45, 7) is 0.820. The molecule has 0 aromatic rings. The third-order valence-electron chi connectivity index (χ3n) is 3.69. The van der Waals surface area contributed by atoms with E-state index >= 15 is 0 Å². The van der Waals surface area contributed by atoms with E-state index < -0.39 is 5.97 Å². The zero-order valence-electron chi connectivity index (χ0n) is 10.2. The average Bonchev–Trinajstić information content (AvgIpc) is 2.94. The number of carbonyl (C=O) groups excluding carboxylic acids is 1. The van der Waals surface area contributed by atoms with Crippen molar-refractivity contribution in [3.63, 3.8) is 0 Å². The lowest BCUT2D eigenvalue weighted by molar-refractivity contribution is -0.141. The summed E-state index contributed by atoms with van der Waals surface area (Å²) in [6, 6.07) is -0.0295. The lowest BCUT2D eigenvalue weighted by Gasteiger charge is -2.20. The number of nitrogens with zero attached hydrogens (tertiary/aromatic N) is 1. The number of carboxylic acids is 1. The highest BCUT2D eigenvalue weighted by atomic mass is 16.4. The standard InChI is InChI=1S/C12H20N2O3/c1-14(7-8-2-3-8)12(17)13-10-5-4-9(6-10)11(15)16/h8-10H,2-7H2,1H3,(H,13,17)(H,15,16)/t9-,10+/m1/s1. The molecule has 0 heterocycles.